The summed E-state index contributed by atoms with van der Waals surface area (Å²) in [5.41, 5.74) is 1.80. The second-order valence-electron chi connectivity index (χ2n) is 6.60. The fourth-order valence-electron chi connectivity index (χ4n) is 3.17. The molecule has 6 nitrogen and oxygen atoms in total. The highest BCUT2D eigenvalue weighted by Crippen LogP contribution is 2.30. The molecule has 28 heavy (non-hydrogen) atoms. The molecule has 1 unspecified atom stereocenters. The molecule has 1 fully saturated rings. The lowest BCUT2D eigenvalue weighted by molar-refractivity contribution is -0.123. The van der Waals surface area contributed by atoms with Crippen LogP contribution in [0.5, 0.6) is 0 Å². The molecule has 0 spiro atoms. The minimum absolute atomic E-state index is 0.226. The van der Waals surface area contributed by atoms with Crippen LogP contribution in [0.1, 0.15) is 22.2 Å². The number of amides is 4. The summed E-state index contributed by atoms with van der Waals surface area (Å²) < 4.78 is 0. The van der Waals surface area contributed by atoms with Crippen molar-refractivity contribution in [3.8, 4) is 11.1 Å². The number of carbonyl (C=O) groups excluding carboxylic acids is 3. The summed E-state index contributed by atoms with van der Waals surface area (Å²) in [6.07, 6.45) is 0. The molecule has 3 N–H and O–H groups in total. The van der Waals surface area contributed by atoms with Crippen LogP contribution in [0.4, 0.5) is 10.5 Å². The van der Waals surface area contributed by atoms with E-state index in [0.717, 1.165) is 11.1 Å². The van der Waals surface area contributed by atoms with Crippen molar-refractivity contribution in [1.29, 1.82) is 0 Å². The number of carbonyl (C=O) groups is 3. The van der Waals surface area contributed by atoms with E-state index in [4.69, 9.17) is 0 Å². The third-order valence-corrected chi connectivity index (χ3v) is 5.61. The van der Waals surface area contributed by atoms with Crippen molar-refractivity contribution in [2.75, 3.05) is 5.32 Å². The van der Waals surface area contributed by atoms with Crippen molar-refractivity contribution >= 4 is 34.9 Å². The van der Waals surface area contributed by atoms with Crippen LogP contribution in [0.2, 0.25) is 0 Å². The lowest BCUT2D eigenvalue weighted by Gasteiger charge is -2.21. The van der Waals surface area contributed by atoms with E-state index in [1.54, 1.807) is 31.2 Å². The van der Waals surface area contributed by atoms with E-state index in [2.05, 4.69) is 16.0 Å². The fourth-order valence-corrected chi connectivity index (χ4v) is 3.98. The summed E-state index contributed by atoms with van der Waals surface area (Å²) in [5, 5.41) is 9.63. The van der Waals surface area contributed by atoms with Gasteiger partial charge < -0.3 is 10.6 Å². The number of anilines is 1. The van der Waals surface area contributed by atoms with Crippen molar-refractivity contribution in [1.82, 2.24) is 10.6 Å². The monoisotopic (exact) mass is 391 g/mol. The second-order valence-corrected chi connectivity index (χ2v) is 7.51. The van der Waals surface area contributed by atoms with E-state index >= 15 is 0 Å². The van der Waals surface area contributed by atoms with Gasteiger partial charge in [0.15, 0.2) is 0 Å². The van der Waals surface area contributed by atoms with Crippen LogP contribution >= 0.6 is 11.3 Å². The van der Waals surface area contributed by atoms with Crippen molar-refractivity contribution in [3.05, 3.63) is 76.5 Å². The quantitative estimate of drug-likeness (QED) is 0.593. The van der Waals surface area contributed by atoms with Crippen LogP contribution in [0.25, 0.3) is 11.1 Å². The molecule has 4 amide bonds. The molecule has 0 aliphatic carbocycles. The summed E-state index contributed by atoms with van der Waals surface area (Å²) in [5.74, 6) is -0.651. The molecule has 1 atom stereocenters. The molecule has 1 aromatic heterocycles. The Morgan fingerprint density at radius 2 is 1.82 bits per heavy atom. The average Bonchev–Trinajstić information content (AvgIpc) is 3.28. The number of benzene rings is 2. The van der Waals surface area contributed by atoms with E-state index < -0.39 is 17.5 Å². The molecule has 1 aliphatic rings. The number of rotatable bonds is 4. The zero-order valence-electron chi connectivity index (χ0n) is 15.0. The fraction of sp³-hybridized carbons (Fsp3) is 0.0952. The number of hydrogen-bond acceptors (Lipinski definition) is 4. The molecule has 4 rings (SSSR count). The van der Waals surface area contributed by atoms with Gasteiger partial charge in [-0.05, 0) is 41.6 Å². The first kappa shape index (κ1) is 17.9. The van der Waals surface area contributed by atoms with Crippen LogP contribution in [0.15, 0.2) is 66.0 Å². The molecule has 2 aromatic carbocycles. The zero-order valence-corrected chi connectivity index (χ0v) is 15.8. The van der Waals surface area contributed by atoms with E-state index in [-0.39, 0.29) is 5.91 Å². The normalized spacial score (nSPS) is 18.5. The molecular formula is C21H17N3O3S. The maximum Gasteiger partial charge on any atom is 0.322 e. The summed E-state index contributed by atoms with van der Waals surface area (Å²) in [7, 11) is 0. The van der Waals surface area contributed by atoms with Gasteiger partial charge >= 0.3 is 6.03 Å². The van der Waals surface area contributed by atoms with Gasteiger partial charge in [0.1, 0.15) is 5.54 Å². The van der Waals surface area contributed by atoms with Gasteiger partial charge in [0.05, 0.1) is 4.88 Å². The van der Waals surface area contributed by atoms with E-state index in [1.165, 1.54) is 11.3 Å². The van der Waals surface area contributed by atoms with Crippen molar-refractivity contribution in [2.45, 2.75) is 12.5 Å². The summed E-state index contributed by atoms with van der Waals surface area (Å²) in [4.78, 5) is 37.1. The maximum absolute atomic E-state index is 12.8. The molecule has 0 bridgehead atoms. The van der Waals surface area contributed by atoms with E-state index in [1.807, 2.05) is 41.8 Å². The van der Waals surface area contributed by atoms with Crippen molar-refractivity contribution < 1.29 is 14.4 Å². The second kappa shape index (κ2) is 6.94. The topological polar surface area (TPSA) is 87.3 Å². The molecule has 1 aliphatic heterocycles. The third kappa shape index (κ3) is 3.16. The molecule has 7 heteroatoms. The highest BCUT2D eigenvalue weighted by molar-refractivity contribution is 7.12. The lowest BCUT2D eigenvalue weighted by Crippen LogP contribution is -2.40. The first-order valence-corrected chi connectivity index (χ1v) is 9.54. The summed E-state index contributed by atoms with van der Waals surface area (Å²) in [6.45, 7) is 1.63. The Labute approximate surface area is 165 Å². The van der Waals surface area contributed by atoms with Crippen LogP contribution in [0.3, 0.4) is 0 Å². The molecule has 140 valence electrons. The Morgan fingerprint density at radius 1 is 1.04 bits per heavy atom. The van der Waals surface area contributed by atoms with Crippen LogP contribution in [-0.2, 0) is 10.3 Å². The van der Waals surface area contributed by atoms with Gasteiger partial charge in [0.2, 0.25) is 0 Å². The van der Waals surface area contributed by atoms with Crippen molar-refractivity contribution in [3.63, 3.8) is 0 Å². The standard InChI is InChI=1S/C21H17N3O3S/c1-21(19(26)23-20(27)24-21)14-8-5-9-15(12-14)22-18(25)17-16(10-11-28-17)13-6-3-2-4-7-13/h2-12H,1H3,(H,22,25)(H2,23,24,26,27). The Bertz CT molecular complexity index is 1080. The molecule has 0 saturated carbocycles. The minimum atomic E-state index is -1.17. The Balaban J connectivity index is 1.60. The Morgan fingerprint density at radius 3 is 2.54 bits per heavy atom. The SMILES string of the molecule is CC1(c2cccc(NC(=O)c3sccc3-c3ccccc3)c2)NC(=O)NC1=O. The van der Waals surface area contributed by atoms with Gasteiger partial charge in [-0.15, -0.1) is 11.3 Å². The highest BCUT2D eigenvalue weighted by Gasteiger charge is 2.43. The minimum Gasteiger partial charge on any atom is -0.321 e. The largest absolute Gasteiger partial charge is 0.322 e. The third-order valence-electron chi connectivity index (χ3n) is 4.70. The summed E-state index contributed by atoms with van der Waals surface area (Å²) >= 11 is 1.37. The lowest BCUT2D eigenvalue weighted by atomic mass is 9.92. The van der Waals surface area contributed by atoms with Crippen molar-refractivity contribution in [2.24, 2.45) is 0 Å². The molecular weight excluding hydrogens is 374 g/mol. The van der Waals surface area contributed by atoms with E-state index in [0.29, 0.717) is 16.1 Å². The maximum atomic E-state index is 12.8. The number of thiophene rings is 1. The number of hydrogen-bond donors (Lipinski definition) is 3. The number of imide groups is 1. The molecule has 2 heterocycles. The highest BCUT2D eigenvalue weighted by atomic mass is 32.1. The van der Waals surface area contributed by atoms with E-state index in [9.17, 15) is 14.4 Å². The first-order chi connectivity index (χ1) is 13.5. The first-order valence-electron chi connectivity index (χ1n) is 8.66. The van der Waals surface area contributed by atoms with Gasteiger partial charge in [-0.3, -0.25) is 14.9 Å². The van der Waals surface area contributed by atoms with Gasteiger partial charge in [-0.25, -0.2) is 4.79 Å². The zero-order chi connectivity index (χ0) is 19.7. The van der Waals surface area contributed by atoms with Crippen LogP contribution in [-0.4, -0.2) is 17.8 Å². The Kier molecular flexibility index (Phi) is 4.44. The molecule has 3 aromatic rings. The molecule has 0 radical (unpaired) electrons. The van der Waals surface area contributed by atoms with Gasteiger partial charge in [0.25, 0.3) is 11.8 Å². The Hall–Kier alpha value is -3.45. The van der Waals surface area contributed by atoms with Gasteiger partial charge in [-0.1, -0.05) is 42.5 Å². The number of nitrogens with one attached hydrogen (secondary N) is 3. The van der Waals surface area contributed by atoms with Crippen LogP contribution < -0.4 is 16.0 Å². The van der Waals surface area contributed by atoms with Gasteiger partial charge in [-0.2, -0.15) is 0 Å². The predicted molar refractivity (Wildman–Crippen MR) is 108 cm³/mol. The number of urea groups is 1. The predicted octanol–water partition coefficient (Wildman–Crippen LogP) is 3.72. The summed E-state index contributed by atoms with van der Waals surface area (Å²) in [6, 6.07) is 18.0. The average molecular weight is 391 g/mol. The van der Waals surface area contributed by atoms with Crippen LogP contribution in [0, 0.1) is 0 Å². The smallest absolute Gasteiger partial charge is 0.321 e. The molecule has 1 saturated heterocycles. The van der Waals surface area contributed by atoms with Gasteiger partial charge in [0, 0.05) is 11.3 Å².